The molecule has 1 aliphatic carbocycles. The molecular weight excluding hydrogens is 168 g/mol. The normalized spacial score (nSPS) is 34.2. The van der Waals surface area contributed by atoms with Crippen LogP contribution in [-0.4, -0.2) is 17.5 Å². The van der Waals surface area contributed by atoms with Crippen molar-refractivity contribution in [3.05, 3.63) is 0 Å². The first-order chi connectivity index (χ1) is 5.85. The Balaban J connectivity index is 1.94. The summed E-state index contributed by atoms with van der Waals surface area (Å²) in [6.07, 6.45) is 9.75. The van der Waals surface area contributed by atoms with Gasteiger partial charge in [-0.1, -0.05) is 19.3 Å². The van der Waals surface area contributed by atoms with E-state index in [1.807, 2.05) is 0 Å². The maximum Gasteiger partial charge on any atom is 0.0687 e. The number of thiol groups is 1. The zero-order valence-electron chi connectivity index (χ0n) is 7.59. The fourth-order valence-corrected chi connectivity index (χ4v) is 2.85. The van der Waals surface area contributed by atoms with Crippen LogP contribution in [0.15, 0.2) is 0 Å². The molecule has 1 aliphatic heterocycles. The highest BCUT2D eigenvalue weighted by Crippen LogP contribution is 2.41. The Bertz CT molecular complexity index is 152. The predicted octanol–water partition coefficient (Wildman–Crippen LogP) is 2.80. The van der Waals surface area contributed by atoms with E-state index in [-0.39, 0.29) is 0 Å². The van der Waals surface area contributed by atoms with Crippen LogP contribution in [0.2, 0.25) is 0 Å². The van der Waals surface area contributed by atoms with Gasteiger partial charge in [0.15, 0.2) is 0 Å². The third kappa shape index (κ3) is 1.64. The fourth-order valence-electron chi connectivity index (χ4n) is 2.59. The van der Waals surface area contributed by atoms with Crippen LogP contribution in [0.3, 0.4) is 0 Å². The zero-order chi connectivity index (χ0) is 8.44. The molecule has 0 aromatic rings. The summed E-state index contributed by atoms with van der Waals surface area (Å²) < 4.78 is 6.06. The van der Waals surface area contributed by atoms with Crippen molar-refractivity contribution in [3.63, 3.8) is 0 Å². The summed E-state index contributed by atoms with van der Waals surface area (Å²) in [7, 11) is 0. The van der Waals surface area contributed by atoms with E-state index in [0.717, 1.165) is 5.75 Å². The topological polar surface area (TPSA) is 9.23 Å². The maximum absolute atomic E-state index is 6.06. The molecule has 0 radical (unpaired) electrons. The molecule has 1 saturated carbocycles. The van der Waals surface area contributed by atoms with E-state index < -0.39 is 0 Å². The van der Waals surface area contributed by atoms with E-state index in [0.29, 0.717) is 11.7 Å². The highest BCUT2D eigenvalue weighted by Gasteiger charge is 2.39. The Morgan fingerprint density at radius 2 is 1.92 bits per heavy atom. The molecule has 1 heterocycles. The number of hydrogen-bond acceptors (Lipinski definition) is 2. The monoisotopic (exact) mass is 186 g/mol. The minimum atomic E-state index is 0.297. The van der Waals surface area contributed by atoms with Crippen molar-refractivity contribution in [2.75, 3.05) is 5.75 Å². The summed E-state index contributed by atoms with van der Waals surface area (Å²) >= 11 is 4.29. The van der Waals surface area contributed by atoms with Gasteiger partial charge in [0.2, 0.25) is 0 Å². The van der Waals surface area contributed by atoms with Gasteiger partial charge in [0, 0.05) is 5.75 Å². The summed E-state index contributed by atoms with van der Waals surface area (Å²) in [5.41, 5.74) is 0.297. The maximum atomic E-state index is 6.06. The first-order valence-corrected chi connectivity index (χ1v) is 5.77. The van der Waals surface area contributed by atoms with Crippen LogP contribution in [-0.2, 0) is 4.74 Å². The van der Waals surface area contributed by atoms with Crippen LogP contribution >= 0.6 is 12.6 Å². The van der Waals surface area contributed by atoms with Gasteiger partial charge in [-0.15, -0.1) is 0 Å². The first-order valence-electron chi connectivity index (χ1n) is 5.13. The molecule has 2 heteroatoms. The second-order valence-corrected chi connectivity index (χ2v) is 4.57. The lowest BCUT2D eigenvalue weighted by Crippen LogP contribution is -2.31. The third-order valence-corrected chi connectivity index (χ3v) is 3.71. The van der Waals surface area contributed by atoms with Gasteiger partial charge >= 0.3 is 0 Å². The van der Waals surface area contributed by atoms with E-state index in [1.165, 1.54) is 44.9 Å². The summed E-state index contributed by atoms with van der Waals surface area (Å²) in [6, 6.07) is 0. The Labute approximate surface area is 80.3 Å². The molecular formula is C10H18OS. The average molecular weight is 186 g/mol. The van der Waals surface area contributed by atoms with Crippen molar-refractivity contribution >= 4 is 12.6 Å². The van der Waals surface area contributed by atoms with E-state index in [1.54, 1.807) is 0 Å². The quantitative estimate of drug-likeness (QED) is 0.620. The van der Waals surface area contributed by atoms with E-state index in [4.69, 9.17) is 4.74 Å². The van der Waals surface area contributed by atoms with Gasteiger partial charge in [0.25, 0.3) is 0 Å². The number of rotatable bonds is 1. The number of ether oxygens (including phenoxy) is 1. The lowest BCUT2D eigenvalue weighted by molar-refractivity contribution is -0.0554. The van der Waals surface area contributed by atoms with Crippen LogP contribution in [0.1, 0.15) is 44.9 Å². The SMILES string of the molecule is SCC1CCC2(CCCCC2)O1. The van der Waals surface area contributed by atoms with Gasteiger partial charge in [-0.3, -0.25) is 0 Å². The lowest BCUT2D eigenvalue weighted by Gasteiger charge is -2.33. The molecule has 2 rings (SSSR count). The predicted molar refractivity (Wildman–Crippen MR) is 53.8 cm³/mol. The summed E-state index contributed by atoms with van der Waals surface area (Å²) in [6.45, 7) is 0. The Morgan fingerprint density at radius 1 is 1.17 bits per heavy atom. The molecule has 2 fully saturated rings. The van der Waals surface area contributed by atoms with Gasteiger partial charge in [0.05, 0.1) is 11.7 Å². The summed E-state index contributed by atoms with van der Waals surface area (Å²) in [5.74, 6) is 0.905. The molecule has 1 nitrogen and oxygen atoms in total. The molecule has 0 aromatic carbocycles. The van der Waals surface area contributed by atoms with Crippen LogP contribution in [0.5, 0.6) is 0 Å². The van der Waals surface area contributed by atoms with Crippen LogP contribution in [0.25, 0.3) is 0 Å². The lowest BCUT2D eigenvalue weighted by atomic mass is 9.83. The molecule has 12 heavy (non-hydrogen) atoms. The molecule has 70 valence electrons. The van der Waals surface area contributed by atoms with Crippen LogP contribution in [0, 0.1) is 0 Å². The summed E-state index contributed by atoms with van der Waals surface area (Å²) in [5, 5.41) is 0. The van der Waals surface area contributed by atoms with Crippen molar-refractivity contribution in [3.8, 4) is 0 Å². The van der Waals surface area contributed by atoms with Gasteiger partial charge in [-0.05, 0) is 25.7 Å². The largest absolute Gasteiger partial charge is 0.371 e. The van der Waals surface area contributed by atoms with Crippen molar-refractivity contribution in [2.45, 2.75) is 56.7 Å². The second kappa shape index (κ2) is 3.59. The fraction of sp³-hybridized carbons (Fsp3) is 1.00. The van der Waals surface area contributed by atoms with Gasteiger partial charge in [-0.2, -0.15) is 12.6 Å². The van der Waals surface area contributed by atoms with Crippen molar-refractivity contribution in [1.82, 2.24) is 0 Å². The molecule has 1 saturated heterocycles. The molecule has 2 aliphatic rings. The van der Waals surface area contributed by atoms with E-state index in [9.17, 15) is 0 Å². The zero-order valence-corrected chi connectivity index (χ0v) is 8.48. The molecule has 0 amide bonds. The minimum absolute atomic E-state index is 0.297. The minimum Gasteiger partial charge on any atom is -0.371 e. The molecule has 1 atom stereocenters. The van der Waals surface area contributed by atoms with Crippen molar-refractivity contribution < 1.29 is 4.74 Å². The van der Waals surface area contributed by atoms with Gasteiger partial charge < -0.3 is 4.74 Å². The molecule has 0 N–H and O–H groups in total. The Morgan fingerprint density at radius 3 is 2.50 bits per heavy atom. The van der Waals surface area contributed by atoms with Gasteiger partial charge in [-0.25, -0.2) is 0 Å². The molecule has 1 spiro atoms. The highest BCUT2D eigenvalue weighted by molar-refractivity contribution is 7.80. The van der Waals surface area contributed by atoms with Crippen molar-refractivity contribution in [1.29, 1.82) is 0 Å². The molecule has 0 bridgehead atoms. The first kappa shape index (κ1) is 8.89. The number of hydrogen-bond donors (Lipinski definition) is 1. The summed E-state index contributed by atoms with van der Waals surface area (Å²) in [4.78, 5) is 0. The van der Waals surface area contributed by atoms with Crippen LogP contribution < -0.4 is 0 Å². The average Bonchev–Trinajstić information content (AvgIpc) is 2.50. The molecule has 0 aromatic heterocycles. The third-order valence-electron chi connectivity index (χ3n) is 3.31. The van der Waals surface area contributed by atoms with Crippen LogP contribution in [0.4, 0.5) is 0 Å². The smallest absolute Gasteiger partial charge is 0.0687 e. The highest BCUT2D eigenvalue weighted by atomic mass is 32.1. The van der Waals surface area contributed by atoms with E-state index >= 15 is 0 Å². The van der Waals surface area contributed by atoms with Gasteiger partial charge in [0.1, 0.15) is 0 Å². The Hall–Kier alpha value is 0.310. The van der Waals surface area contributed by atoms with E-state index in [2.05, 4.69) is 12.6 Å². The second-order valence-electron chi connectivity index (χ2n) is 4.20. The standard InChI is InChI=1S/C10H18OS/c12-8-9-4-7-10(11-9)5-2-1-3-6-10/h9,12H,1-8H2. The Kier molecular flexibility index (Phi) is 2.66. The van der Waals surface area contributed by atoms with Crippen molar-refractivity contribution in [2.24, 2.45) is 0 Å². The molecule has 1 unspecified atom stereocenters.